The Kier molecular flexibility index (Phi) is 5.82. The van der Waals surface area contributed by atoms with Gasteiger partial charge in [0, 0.05) is 5.69 Å². The van der Waals surface area contributed by atoms with E-state index in [9.17, 15) is 27.6 Å². The Morgan fingerprint density at radius 3 is 2.33 bits per heavy atom. The lowest BCUT2D eigenvalue weighted by molar-refractivity contribution is -0.137. The second-order valence-electron chi connectivity index (χ2n) is 7.21. The maximum Gasteiger partial charge on any atom is 0.416 e. The third-order valence-electron chi connectivity index (χ3n) is 4.36. The summed E-state index contributed by atoms with van der Waals surface area (Å²) in [6, 6.07) is 3.24. The molecule has 2 N–H and O–H groups in total. The van der Waals surface area contributed by atoms with E-state index in [1.54, 1.807) is 6.92 Å². The number of carbonyl (C=O) groups excluding carboxylic acids is 3. The number of benzene rings is 1. The summed E-state index contributed by atoms with van der Waals surface area (Å²) in [4.78, 5) is 37.5. The van der Waals surface area contributed by atoms with E-state index in [-0.39, 0.29) is 5.69 Å². The number of nitrogens with zero attached hydrogens (tertiary/aromatic N) is 1. The van der Waals surface area contributed by atoms with E-state index < -0.39 is 41.7 Å². The van der Waals surface area contributed by atoms with Crippen LogP contribution in [0.3, 0.4) is 0 Å². The van der Waals surface area contributed by atoms with Crippen LogP contribution < -0.4 is 10.6 Å². The molecule has 0 spiro atoms. The van der Waals surface area contributed by atoms with Gasteiger partial charge < -0.3 is 10.6 Å². The molecule has 1 saturated heterocycles. The molecule has 1 aromatic rings. The maximum absolute atomic E-state index is 12.5. The van der Waals surface area contributed by atoms with Gasteiger partial charge in [-0.05, 0) is 49.9 Å². The molecule has 0 bridgehead atoms. The van der Waals surface area contributed by atoms with Gasteiger partial charge in [-0.25, -0.2) is 4.79 Å². The van der Waals surface area contributed by atoms with E-state index in [0.717, 1.165) is 35.6 Å². The van der Waals surface area contributed by atoms with Crippen molar-refractivity contribution in [2.45, 2.75) is 45.3 Å². The van der Waals surface area contributed by atoms with Crippen LogP contribution in [0.15, 0.2) is 24.3 Å². The Bertz CT molecular complexity index is 732. The number of halogens is 3. The van der Waals surface area contributed by atoms with E-state index in [0.29, 0.717) is 12.3 Å². The predicted octanol–water partition coefficient (Wildman–Crippen LogP) is 3.39. The number of imide groups is 1. The van der Waals surface area contributed by atoms with Crippen molar-refractivity contribution in [3.8, 4) is 0 Å². The van der Waals surface area contributed by atoms with Crippen molar-refractivity contribution in [2.24, 2.45) is 5.92 Å². The van der Waals surface area contributed by atoms with Gasteiger partial charge in [0.05, 0.1) is 5.56 Å². The van der Waals surface area contributed by atoms with Gasteiger partial charge in [0.1, 0.15) is 12.1 Å². The van der Waals surface area contributed by atoms with Gasteiger partial charge in [0.25, 0.3) is 5.91 Å². The van der Waals surface area contributed by atoms with Crippen LogP contribution in [-0.4, -0.2) is 34.8 Å². The molecule has 0 saturated carbocycles. The minimum atomic E-state index is -4.47. The first-order chi connectivity index (χ1) is 12.4. The number of hydrogen-bond donors (Lipinski definition) is 2. The average molecular weight is 385 g/mol. The van der Waals surface area contributed by atoms with Gasteiger partial charge in [-0.15, -0.1) is 0 Å². The topological polar surface area (TPSA) is 78.5 Å². The molecule has 9 heteroatoms. The quantitative estimate of drug-likeness (QED) is 0.737. The van der Waals surface area contributed by atoms with Crippen molar-refractivity contribution in [1.82, 2.24) is 10.2 Å². The summed E-state index contributed by atoms with van der Waals surface area (Å²) in [5, 5.41) is 5.00. The van der Waals surface area contributed by atoms with E-state index in [1.807, 2.05) is 13.8 Å². The number of alkyl halides is 3. The fourth-order valence-corrected chi connectivity index (χ4v) is 2.72. The Hall–Kier alpha value is -2.58. The SMILES string of the molecule is CC(C)CCC1(C)NC(=O)N(CC(=O)Nc2ccc(C(F)(F)F)cc2)C1=O. The van der Waals surface area contributed by atoms with Crippen LogP contribution >= 0.6 is 0 Å². The molecule has 6 nitrogen and oxygen atoms in total. The number of nitrogens with one attached hydrogen (secondary N) is 2. The summed E-state index contributed by atoms with van der Waals surface area (Å²) in [6.07, 6.45) is -3.29. The van der Waals surface area contributed by atoms with Crippen molar-refractivity contribution in [3.63, 3.8) is 0 Å². The highest BCUT2D eigenvalue weighted by Gasteiger charge is 2.47. The highest BCUT2D eigenvalue weighted by Crippen LogP contribution is 2.30. The lowest BCUT2D eigenvalue weighted by atomic mass is 9.92. The largest absolute Gasteiger partial charge is 0.416 e. The second kappa shape index (κ2) is 7.58. The Balaban J connectivity index is 1.99. The van der Waals surface area contributed by atoms with Crippen molar-refractivity contribution in [2.75, 3.05) is 11.9 Å². The highest BCUT2D eigenvalue weighted by molar-refractivity contribution is 6.09. The second-order valence-corrected chi connectivity index (χ2v) is 7.21. The Morgan fingerprint density at radius 1 is 1.22 bits per heavy atom. The molecule has 1 aromatic carbocycles. The lowest BCUT2D eigenvalue weighted by Gasteiger charge is -2.22. The van der Waals surface area contributed by atoms with Crippen LogP contribution in [0.4, 0.5) is 23.7 Å². The molecule has 4 amide bonds. The van der Waals surface area contributed by atoms with Crippen LogP contribution in [-0.2, 0) is 15.8 Å². The van der Waals surface area contributed by atoms with Crippen LogP contribution in [0.2, 0.25) is 0 Å². The monoisotopic (exact) mass is 385 g/mol. The molecule has 0 radical (unpaired) electrons. The average Bonchev–Trinajstić information content (AvgIpc) is 2.76. The number of rotatable bonds is 6. The predicted molar refractivity (Wildman–Crippen MR) is 92.8 cm³/mol. The Labute approximate surface area is 155 Å². The van der Waals surface area contributed by atoms with E-state index in [2.05, 4.69) is 10.6 Å². The van der Waals surface area contributed by atoms with Crippen molar-refractivity contribution in [3.05, 3.63) is 29.8 Å². The van der Waals surface area contributed by atoms with Crippen LogP contribution in [0.5, 0.6) is 0 Å². The molecule has 1 fully saturated rings. The number of amides is 4. The van der Waals surface area contributed by atoms with Gasteiger partial charge >= 0.3 is 12.2 Å². The molecule has 1 unspecified atom stereocenters. The number of anilines is 1. The summed E-state index contributed by atoms with van der Waals surface area (Å²) in [5.41, 5.74) is -1.76. The van der Waals surface area contributed by atoms with Gasteiger partial charge in [-0.3, -0.25) is 14.5 Å². The van der Waals surface area contributed by atoms with Crippen LogP contribution in [0, 0.1) is 5.92 Å². The number of hydrogen-bond acceptors (Lipinski definition) is 3. The molecule has 0 aliphatic carbocycles. The zero-order valence-corrected chi connectivity index (χ0v) is 15.3. The minimum absolute atomic E-state index is 0.141. The fourth-order valence-electron chi connectivity index (χ4n) is 2.72. The molecule has 27 heavy (non-hydrogen) atoms. The first kappa shape index (κ1) is 20.7. The standard InChI is InChI=1S/C18H22F3N3O3/c1-11(2)8-9-17(3)15(26)24(16(27)23-17)10-14(25)22-13-6-4-12(5-7-13)18(19,20)21/h4-7,11H,8-10H2,1-3H3,(H,22,25)(H,23,27). The van der Waals surface area contributed by atoms with E-state index >= 15 is 0 Å². The van der Waals surface area contributed by atoms with Gasteiger partial charge in [-0.1, -0.05) is 13.8 Å². The molecule has 148 valence electrons. The zero-order valence-electron chi connectivity index (χ0n) is 15.3. The maximum atomic E-state index is 12.5. The molecular weight excluding hydrogens is 363 g/mol. The number of carbonyl (C=O) groups is 3. The first-order valence-electron chi connectivity index (χ1n) is 8.53. The summed E-state index contributed by atoms with van der Waals surface area (Å²) in [5.74, 6) is -0.814. The molecule has 1 atom stereocenters. The Morgan fingerprint density at radius 2 is 1.81 bits per heavy atom. The molecule has 1 aliphatic heterocycles. The molecule has 1 aliphatic rings. The summed E-state index contributed by atoms with van der Waals surface area (Å²) in [6.45, 7) is 5.10. The van der Waals surface area contributed by atoms with Crippen molar-refractivity contribution < 1.29 is 27.6 Å². The third-order valence-corrected chi connectivity index (χ3v) is 4.36. The third kappa shape index (κ3) is 4.99. The van der Waals surface area contributed by atoms with Crippen molar-refractivity contribution in [1.29, 1.82) is 0 Å². The number of urea groups is 1. The van der Waals surface area contributed by atoms with E-state index in [1.165, 1.54) is 0 Å². The smallest absolute Gasteiger partial charge is 0.325 e. The van der Waals surface area contributed by atoms with E-state index in [4.69, 9.17) is 0 Å². The summed E-state index contributed by atoms with van der Waals surface area (Å²) >= 11 is 0. The fraction of sp³-hybridized carbons (Fsp3) is 0.500. The van der Waals surface area contributed by atoms with Crippen LogP contribution in [0.1, 0.15) is 39.2 Å². The summed E-state index contributed by atoms with van der Waals surface area (Å²) in [7, 11) is 0. The van der Waals surface area contributed by atoms with Gasteiger partial charge in [0.15, 0.2) is 0 Å². The van der Waals surface area contributed by atoms with Crippen molar-refractivity contribution >= 4 is 23.5 Å². The van der Waals surface area contributed by atoms with Gasteiger partial charge in [-0.2, -0.15) is 13.2 Å². The zero-order chi connectivity index (χ0) is 20.4. The molecule has 0 aromatic heterocycles. The molecule has 1 heterocycles. The summed E-state index contributed by atoms with van der Waals surface area (Å²) < 4.78 is 37.6. The van der Waals surface area contributed by atoms with Crippen LogP contribution in [0.25, 0.3) is 0 Å². The normalized spacial score (nSPS) is 20.2. The minimum Gasteiger partial charge on any atom is -0.325 e. The highest BCUT2D eigenvalue weighted by atomic mass is 19.4. The molecular formula is C18H22F3N3O3. The molecule has 2 rings (SSSR count). The van der Waals surface area contributed by atoms with Gasteiger partial charge in [0.2, 0.25) is 5.91 Å². The lowest BCUT2D eigenvalue weighted by Crippen LogP contribution is -2.44. The first-order valence-corrected chi connectivity index (χ1v) is 8.53.